The van der Waals surface area contributed by atoms with Crippen LogP contribution in [0.15, 0.2) is 40.9 Å². The maximum absolute atomic E-state index is 9.21. The Bertz CT molecular complexity index is 728. The van der Waals surface area contributed by atoms with Crippen LogP contribution in [0, 0.1) is 0 Å². The summed E-state index contributed by atoms with van der Waals surface area (Å²) in [5, 5.41) is 16.4. The van der Waals surface area contributed by atoms with Crippen LogP contribution in [-0.4, -0.2) is 38.0 Å². The Morgan fingerprint density at radius 2 is 1.93 bits per heavy atom. The van der Waals surface area contributed by atoms with Crippen molar-refractivity contribution in [2.75, 3.05) is 26.7 Å². The Balaban J connectivity index is 1.93. The molecule has 2 rings (SSSR count). The van der Waals surface area contributed by atoms with E-state index in [0.29, 0.717) is 36.2 Å². The second-order valence-electron chi connectivity index (χ2n) is 6.22. The Morgan fingerprint density at radius 1 is 1.19 bits per heavy atom. The largest absolute Gasteiger partial charge is 0.493 e. The third kappa shape index (κ3) is 7.31. The number of halogens is 2. The molecule has 3 N–H and O–H groups in total. The molecule has 0 aromatic heterocycles. The van der Waals surface area contributed by atoms with Gasteiger partial charge in [-0.05, 0) is 46.6 Å². The molecule has 7 heteroatoms. The summed E-state index contributed by atoms with van der Waals surface area (Å²) in [4.78, 5) is 0. The molecule has 0 saturated carbocycles. The number of nitrogens with one attached hydrogen (secondary N) is 2. The van der Waals surface area contributed by atoms with E-state index >= 15 is 0 Å². The number of aliphatic hydroxyl groups is 1. The highest BCUT2D eigenvalue weighted by atomic mass is 79.9. The molecule has 0 fully saturated rings. The topological polar surface area (TPSA) is 62.8 Å². The van der Waals surface area contributed by atoms with Crippen molar-refractivity contribution in [3.63, 3.8) is 0 Å². The molecule has 0 saturated heterocycles. The predicted molar refractivity (Wildman–Crippen MR) is 113 cm³/mol. The lowest BCUT2D eigenvalue weighted by atomic mass is 10.2. The second-order valence-corrected chi connectivity index (χ2v) is 7.48. The number of benzene rings is 2. The molecule has 0 aliphatic carbocycles. The van der Waals surface area contributed by atoms with Crippen LogP contribution in [0.1, 0.15) is 18.1 Å². The van der Waals surface area contributed by atoms with Crippen molar-refractivity contribution in [2.24, 2.45) is 0 Å². The Morgan fingerprint density at radius 3 is 2.63 bits per heavy atom. The van der Waals surface area contributed by atoms with E-state index in [1.807, 2.05) is 36.4 Å². The molecule has 148 valence electrons. The van der Waals surface area contributed by atoms with Crippen molar-refractivity contribution in [1.29, 1.82) is 0 Å². The molecule has 0 radical (unpaired) electrons. The van der Waals surface area contributed by atoms with E-state index in [4.69, 9.17) is 21.1 Å². The van der Waals surface area contributed by atoms with Crippen molar-refractivity contribution in [3.8, 4) is 11.5 Å². The van der Waals surface area contributed by atoms with Crippen LogP contribution < -0.4 is 20.1 Å². The highest BCUT2D eigenvalue weighted by Gasteiger charge is 2.12. The molecular formula is C20H26BrClN2O3. The molecule has 0 amide bonds. The van der Waals surface area contributed by atoms with Gasteiger partial charge in [-0.2, -0.15) is 0 Å². The number of ether oxygens (including phenoxy) is 2. The van der Waals surface area contributed by atoms with Gasteiger partial charge < -0.3 is 25.2 Å². The van der Waals surface area contributed by atoms with Crippen LogP contribution in [0.4, 0.5) is 0 Å². The molecule has 0 bridgehead atoms. The number of hydrogen-bond donors (Lipinski definition) is 3. The first-order chi connectivity index (χ1) is 13.0. The van der Waals surface area contributed by atoms with Gasteiger partial charge in [0.1, 0.15) is 6.61 Å². The van der Waals surface area contributed by atoms with E-state index in [1.165, 1.54) is 0 Å². The fraction of sp³-hybridized carbons (Fsp3) is 0.400. The Kier molecular flexibility index (Phi) is 9.38. The summed E-state index contributed by atoms with van der Waals surface area (Å²) in [6.07, 6.45) is -0.330. The van der Waals surface area contributed by atoms with Gasteiger partial charge in [0.2, 0.25) is 0 Å². The van der Waals surface area contributed by atoms with Crippen LogP contribution >= 0.6 is 27.5 Å². The van der Waals surface area contributed by atoms with E-state index in [1.54, 1.807) is 14.0 Å². The van der Waals surface area contributed by atoms with Gasteiger partial charge in [-0.1, -0.05) is 29.8 Å². The molecule has 0 aliphatic rings. The van der Waals surface area contributed by atoms with Crippen LogP contribution in [0.25, 0.3) is 0 Å². The smallest absolute Gasteiger partial charge is 0.175 e. The van der Waals surface area contributed by atoms with E-state index in [0.717, 1.165) is 28.7 Å². The van der Waals surface area contributed by atoms with E-state index in [2.05, 4.69) is 26.6 Å². The predicted octanol–water partition coefficient (Wildman–Crippen LogP) is 3.75. The second kappa shape index (κ2) is 11.5. The summed E-state index contributed by atoms with van der Waals surface area (Å²) in [6.45, 7) is 5.02. The fourth-order valence-electron chi connectivity index (χ4n) is 2.50. The summed E-state index contributed by atoms with van der Waals surface area (Å²) in [5.74, 6) is 1.32. The molecule has 0 unspecified atom stereocenters. The van der Waals surface area contributed by atoms with Crippen LogP contribution in [0.3, 0.4) is 0 Å². The minimum Gasteiger partial charge on any atom is -0.493 e. The van der Waals surface area contributed by atoms with Crippen molar-refractivity contribution in [3.05, 3.63) is 57.0 Å². The Labute approximate surface area is 174 Å². The highest BCUT2D eigenvalue weighted by Crippen LogP contribution is 2.37. The molecule has 0 aliphatic heterocycles. The highest BCUT2D eigenvalue weighted by molar-refractivity contribution is 9.10. The van der Waals surface area contributed by atoms with E-state index in [9.17, 15) is 5.11 Å². The van der Waals surface area contributed by atoms with Gasteiger partial charge >= 0.3 is 0 Å². The Hall–Kier alpha value is -1.31. The molecule has 2 aromatic rings. The quantitative estimate of drug-likeness (QED) is 0.449. The molecule has 0 spiro atoms. The molecule has 0 heterocycles. The van der Waals surface area contributed by atoms with E-state index < -0.39 is 0 Å². The van der Waals surface area contributed by atoms with Crippen LogP contribution in [-0.2, 0) is 13.2 Å². The van der Waals surface area contributed by atoms with Crippen molar-refractivity contribution in [1.82, 2.24) is 10.6 Å². The van der Waals surface area contributed by atoms with Gasteiger partial charge in [0.05, 0.1) is 17.7 Å². The monoisotopic (exact) mass is 456 g/mol. The summed E-state index contributed by atoms with van der Waals surface area (Å²) in [6, 6.07) is 11.6. The van der Waals surface area contributed by atoms with Gasteiger partial charge in [-0.3, -0.25) is 0 Å². The minimum atomic E-state index is -0.330. The molecule has 2 aromatic carbocycles. The average molecular weight is 458 g/mol. The van der Waals surface area contributed by atoms with Gasteiger partial charge in [-0.15, -0.1) is 0 Å². The summed E-state index contributed by atoms with van der Waals surface area (Å²) in [5.41, 5.74) is 2.00. The third-order valence-corrected chi connectivity index (χ3v) is 4.82. The SMILES string of the molecule is COc1cc(CNCCNC[C@H](C)O)cc(Br)c1OCc1ccccc1Cl. The zero-order chi connectivity index (χ0) is 19.6. The van der Waals surface area contributed by atoms with Crippen molar-refractivity contribution >= 4 is 27.5 Å². The first-order valence-corrected chi connectivity index (χ1v) is 10.0. The number of hydrogen-bond acceptors (Lipinski definition) is 5. The number of rotatable bonds is 11. The first-order valence-electron chi connectivity index (χ1n) is 8.83. The van der Waals surface area contributed by atoms with Crippen molar-refractivity contribution < 1.29 is 14.6 Å². The van der Waals surface area contributed by atoms with Crippen molar-refractivity contribution in [2.45, 2.75) is 26.2 Å². The van der Waals surface area contributed by atoms with Crippen LogP contribution in [0.5, 0.6) is 11.5 Å². The van der Waals surface area contributed by atoms with E-state index in [-0.39, 0.29) is 6.10 Å². The maximum Gasteiger partial charge on any atom is 0.175 e. The molecule has 1 atom stereocenters. The maximum atomic E-state index is 9.21. The summed E-state index contributed by atoms with van der Waals surface area (Å²) >= 11 is 9.76. The van der Waals surface area contributed by atoms with Crippen LogP contribution in [0.2, 0.25) is 5.02 Å². The number of methoxy groups -OCH3 is 1. The lowest BCUT2D eigenvalue weighted by Crippen LogP contribution is -2.31. The summed E-state index contributed by atoms with van der Waals surface area (Å²) < 4.78 is 12.3. The molecule has 5 nitrogen and oxygen atoms in total. The minimum absolute atomic E-state index is 0.330. The zero-order valence-corrected chi connectivity index (χ0v) is 17.9. The van der Waals surface area contributed by atoms with Gasteiger partial charge in [0, 0.05) is 36.8 Å². The standard InChI is InChI=1S/C20H26BrClN2O3/c1-14(25)11-23-7-8-24-12-15-9-17(21)20(19(10-15)26-2)27-13-16-5-3-4-6-18(16)22/h3-6,9-10,14,23-25H,7-8,11-13H2,1-2H3/t14-/m0/s1. The fourth-order valence-corrected chi connectivity index (χ4v) is 3.30. The third-order valence-electron chi connectivity index (χ3n) is 3.87. The summed E-state index contributed by atoms with van der Waals surface area (Å²) in [7, 11) is 1.63. The van der Waals surface area contributed by atoms with Gasteiger partial charge in [-0.25, -0.2) is 0 Å². The average Bonchev–Trinajstić information content (AvgIpc) is 2.64. The zero-order valence-electron chi connectivity index (χ0n) is 15.6. The molecule has 27 heavy (non-hydrogen) atoms. The number of aliphatic hydroxyl groups excluding tert-OH is 1. The van der Waals surface area contributed by atoms with Gasteiger partial charge in [0.25, 0.3) is 0 Å². The first kappa shape index (κ1) is 22.0. The lowest BCUT2D eigenvalue weighted by molar-refractivity contribution is 0.191. The molecular weight excluding hydrogens is 432 g/mol. The lowest BCUT2D eigenvalue weighted by Gasteiger charge is -2.15. The van der Waals surface area contributed by atoms with Gasteiger partial charge in [0.15, 0.2) is 11.5 Å². The normalized spacial score (nSPS) is 12.0.